The molecule has 0 bridgehead atoms. The number of diazo groups is 1. The maximum Gasteiger partial charge on any atom is 0.385 e. The molecule has 4 heteroatoms. The molecular formula is C10H5N4+. The number of allylic oxidation sites excluding steroid dienone is 2. The van der Waals surface area contributed by atoms with Crippen LogP contribution in [0.2, 0.25) is 0 Å². The molecule has 0 amide bonds. The molecule has 0 saturated carbocycles. The molecule has 0 unspecified atom stereocenters. The molecule has 0 fully saturated rings. The predicted molar refractivity (Wildman–Crippen MR) is 50.4 cm³/mol. The molecule has 0 heterocycles. The van der Waals surface area contributed by atoms with Crippen LogP contribution >= 0.6 is 0 Å². The van der Waals surface area contributed by atoms with Gasteiger partial charge in [-0.3, -0.25) is 0 Å². The maximum atomic E-state index is 8.69. The van der Waals surface area contributed by atoms with Gasteiger partial charge in [-0.25, -0.2) is 0 Å². The molecule has 1 aromatic rings. The number of nitrogens with zero attached hydrogens (tertiary/aromatic N) is 4. The molecular weight excluding hydrogens is 176 g/mol. The van der Waals surface area contributed by atoms with Crippen LogP contribution in [0.5, 0.6) is 0 Å². The van der Waals surface area contributed by atoms with Gasteiger partial charge in [0.05, 0.1) is 11.6 Å². The second-order valence-corrected chi connectivity index (χ2v) is 2.45. The van der Waals surface area contributed by atoms with Gasteiger partial charge in [0, 0.05) is 18.2 Å². The molecule has 0 aliphatic heterocycles. The summed E-state index contributed by atoms with van der Waals surface area (Å²) in [6, 6.07) is 10.0. The Morgan fingerprint density at radius 3 is 2.29 bits per heavy atom. The van der Waals surface area contributed by atoms with Crippen molar-refractivity contribution >= 4 is 11.3 Å². The van der Waals surface area contributed by atoms with Crippen molar-refractivity contribution in [3.05, 3.63) is 40.9 Å². The summed E-state index contributed by atoms with van der Waals surface area (Å²) in [5.74, 6) is 0. The minimum absolute atomic E-state index is 0.289. The van der Waals surface area contributed by atoms with Crippen LogP contribution < -0.4 is 0 Å². The van der Waals surface area contributed by atoms with E-state index in [2.05, 4.69) is 4.98 Å². The quantitative estimate of drug-likeness (QED) is 0.493. The summed E-state index contributed by atoms with van der Waals surface area (Å²) in [6.45, 7) is 0. The zero-order chi connectivity index (χ0) is 10.4. The van der Waals surface area contributed by atoms with Crippen molar-refractivity contribution < 1.29 is 0 Å². The van der Waals surface area contributed by atoms with E-state index in [0.29, 0.717) is 11.3 Å². The minimum atomic E-state index is 0.289. The van der Waals surface area contributed by atoms with Gasteiger partial charge in [-0.2, -0.15) is 10.5 Å². The minimum Gasteiger partial charge on any atom is -0.193 e. The fourth-order valence-electron chi connectivity index (χ4n) is 0.952. The summed E-state index contributed by atoms with van der Waals surface area (Å²) < 4.78 is 0. The van der Waals surface area contributed by atoms with Crippen molar-refractivity contribution in [2.45, 2.75) is 0 Å². The molecule has 0 aliphatic rings. The maximum absolute atomic E-state index is 8.69. The molecule has 0 spiro atoms. The van der Waals surface area contributed by atoms with Crippen molar-refractivity contribution in [3.63, 3.8) is 0 Å². The normalized spacial score (nSPS) is 9.64. The number of nitriles is 2. The van der Waals surface area contributed by atoms with Crippen molar-refractivity contribution in [2.24, 2.45) is 0 Å². The average Bonchev–Trinajstić information content (AvgIpc) is 2.26. The van der Waals surface area contributed by atoms with Crippen LogP contribution in [0.15, 0.2) is 30.3 Å². The largest absolute Gasteiger partial charge is 0.385 e. The summed E-state index contributed by atoms with van der Waals surface area (Å²) in [7, 11) is 0. The Kier molecular flexibility index (Phi) is 2.97. The Balaban J connectivity index is 3.12. The summed E-state index contributed by atoms with van der Waals surface area (Å²) in [6.07, 6.45) is 1.17. The fourth-order valence-corrected chi connectivity index (χ4v) is 0.952. The van der Waals surface area contributed by atoms with Crippen molar-refractivity contribution in [1.82, 2.24) is 0 Å². The highest BCUT2D eigenvalue weighted by Crippen LogP contribution is 2.18. The first-order valence-electron chi connectivity index (χ1n) is 3.77. The lowest BCUT2D eigenvalue weighted by atomic mass is 10.1. The Bertz CT molecular complexity index is 477. The summed E-state index contributed by atoms with van der Waals surface area (Å²) in [4.78, 5) is 2.98. The molecule has 0 aromatic heterocycles. The topological polar surface area (TPSA) is 75.7 Å². The van der Waals surface area contributed by atoms with E-state index in [1.165, 1.54) is 6.08 Å². The Labute approximate surface area is 80.9 Å². The zero-order valence-electron chi connectivity index (χ0n) is 7.18. The third-order valence-electron chi connectivity index (χ3n) is 1.62. The lowest BCUT2D eigenvalue weighted by Crippen LogP contribution is -1.79. The van der Waals surface area contributed by atoms with Gasteiger partial charge in [0.1, 0.15) is 6.07 Å². The molecule has 64 valence electrons. The Morgan fingerprint density at radius 1 is 1.21 bits per heavy atom. The van der Waals surface area contributed by atoms with Gasteiger partial charge in [0.2, 0.25) is 5.39 Å². The first-order chi connectivity index (χ1) is 6.81. The molecule has 0 saturated heterocycles. The van der Waals surface area contributed by atoms with Gasteiger partial charge in [-0.05, 0) is 17.7 Å². The van der Waals surface area contributed by atoms with Crippen LogP contribution in [0.25, 0.3) is 10.5 Å². The highest BCUT2D eigenvalue weighted by atomic mass is 14.8. The standard InChI is InChI=1S/C10H5N4/c11-6-5-9(7-12)8-1-3-10(14-13)4-2-8/h1-5H/q+1. The van der Waals surface area contributed by atoms with E-state index in [9.17, 15) is 0 Å². The highest BCUT2D eigenvalue weighted by Gasteiger charge is 2.05. The molecule has 14 heavy (non-hydrogen) atoms. The third-order valence-corrected chi connectivity index (χ3v) is 1.62. The lowest BCUT2D eigenvalue weighted by molar-refractivity contribution is 1.46. The number of benzene rings is 1. The predicted octanol–water partition coefficient (Wildman–Crippen LogP) is 2.60. The fraction of sp³-hybridized carbons (Fsp3) is 0. The molecule has 0 atom stereocenters. The van der Waals surface area contributed by atoms with E-state index in [0.717, 1.165) is 0 Å². The van der Waals surface area contributed by atoms with Crippen LogP contribution in [0.4, 0.5) is 5.69 Å². The zero-order valence-corrected chi connectivity index (χ0v) is 7.18. The second-order valence-electron chi connectivity index (χ2n) is 2.45. The van der Waals surface area contributed by atoms with Crippen LogP contribution in [-0.4, -0.2) is 0 Å². The Morgan fingerprint density at radius 2 is 1.86 bits per heavy atom. The van der Waals surface area contributed by atoms with Crippen LogP contribution in [-0.2, 0) is 0 Å². The molecule has 4 nitrogen and oxygen atoms in total. The van der Waals surface area contributed by atoms with Crippen LogP contribution in [0.3, 0.4) is 0 Å². The van der Waals surface area contributed by atoms with Crippen molar-refractivity contribution in [2.75, 3.05) is 0 Å². The summed E-state index contributed by atoms with van der Waals surface area (Å²) >= 11 is 0. The molecule has 1 aromatic carbocycles. The van der Waals surface area contributed by atoms with Crippen LogP contribution in [0.1, 0.15) is 5.56 Å². The van der Waals surface area contributed by atoms with Crippen LogP contribution in [0, 0.1) is 28.1 Å². The number of rotatable bonds is 1. The smallest absolute Gasteiger partial charge is 0.193 e. The van der Waals surface area contributed by atoms with Gasteiger partial charge < -0.3 is 0 Å². The summed E-state index contributed by atoms with van der Waals surface area (Å²) in [5.41, 5.74) is 1.32. The van der Waals surface area contributed by atoms with Crippen molar-refractivity contribution in [1.29, 1.82) is 15.9 Å². The van der Waals surface area contributed by atoms with Gasteiger partial charge in [-0.15, -0.1) is 0 Å². The van der Waals surface area contributed by atoms with Gasteiger partial charge >= 0.3 is 5.69 Å². The van der Waals surface area contributed by atoms with E-state index in [1.807, 2.05) is 6.07 Å². The van der Waals surface area contributed by atoms with E-state index < -0.39 is 0 Å². The lowest BCUT2D eigenvalue weighted by Gasteiger charge is -1.92. The van der Waals surface area contributed by atoms with Crippen molar-refractivity contribution in [3.8, 4) is 12.1 Å². The number of hydrogen-bond acceptors (Lipinski definition) is 3. The average molecular weight is 181 g/mol. The first-order valence-corrected chi connectivity index (χ1v) is 3.77. The second kappa shape index (κ2) is 4.40. The summed E-state index contributed by atoms with van der Waals surface area (Å²) in [5, 5.41) is 25.5. The molecule has 1 rings (SSSR count). The molecule has 0 aliphatic carbocycles. The Hall–Kier alpha value is -2.64. The first kappa shape index (κ1) is 9.45. The number of hydrogen-bond donors (Lipinski definition) is 0. The van der Waals surface area contributed by atoms with Gasteiger partial charge in [-0.1, -0.05) is 0 Å². The van der Waals surface area contributed by atoms with E-state index in [-0.39, 0.29) is 5.57 Å². The third kappa shape index (κ3) is 1.94. The van der Waals surface area contributed by atoms with E-state index in [4.69, 9.17) is 15.9 Å². The van der Waals surface area contributed by atoms with E-state index in [1.54, 1.807) is 30.3 Å². The van der Waals surface area contributed by atoms with E-state index >= 15 is 0 Å². The highest BCUT2D eigenvalue weighted by molar-refractivity contribution is 5.78. The molecule has 0 radical (unpaired) electrons. The monoisotopic (exact) mass is 181 g/mol. The van der Waals surface area contributed by atoms with Gasteiger partial charge in [0.15, 0.2) is 4.98 Å². The SMILES string of the molecule is N#CC=C(C#N)c1ccc([N+]#N)cc1. The molecule has 0 N–H and O–H groups in total. The van der Waals surface area contributed by atoms with Gasteiger partial charge in [0.25, 0.3) is 0 Å².